The van der Waals surface area contributed by atoms with Crippen LogP contribution in [0.4, 0.5) is 14.5 Å². The fourth-order valence-corrected chi connectivity index (χ4v) is 2.98. The average Bonchev–Trinajstić information content (AvgIpc) is 2.40. The minimum atomic E-state index is -1.63. The predicted molar refractivity (Wildman–Crippen MR) is 75.8 cm³/mol. The predicted octanol–water partition coefficient (Wildman–Crippen LogP) is 1.95. The van der Waals surface area contributed by atoms with Crippen LogP contribution in [-0.4, -0.2) is 10.1 Å². The van der Waals surface area contributed by atoms with Gasteiger partial charge in [0.1, 0.15) is 11.6 Å². The average molecular weight is 310 g/mol. The van der Waals surface area contributed by atoms with Crippen molar-refractivity contribution in [2.45, 2.75) is 10.6 Å². The fraction of sp³-hybridized carbons (Fsp3) is 0.0714. The summed E-state index contributed by atoms with van der Waals surface area (Å²) in [5.74, 6) is -2.10. The van der Waals surface area contributed by atoms with Gasteiger partial charge >= 0.3 is 0 Å². The van der Waals surface area contributed by atoms with Crippen molar-refractivity contribution in [1.29, 1.82) is 0 Å². The molecule has 1 amide bonds. The van der Waals surface area contributed by atoms with Gasteiger partial charge in [-0.05, 0) is 30.3 Å². The molecule has 110 valence electrons. The molecule has 21 heavy (non-hydrogen) atoms. The highest BCUT2D eigenvalue weighted by Crippen LogP contribution is 2.21. The maximum atomic E-state index is 13.8. The summed E-state index contributed by atoms with van der Waals surface area (Å²) in [6.07, 6.45) is 0. The third-order valence-corrected chi connectivity index (χ3v) is 4.28. The lowest BCUT2D eigenvalue weighted by atomic mass is 10.1. The summed E-state index contributed by atoms with van der Waals surface area (Å²) >= 11 is 0. The Morgan fingerprint density at radius 2 is 1.86 bits per heavy atom. The Morgan fingerprint density at radius 1 is 1.14 bits per heavy atom. The van der Waals surface area contributed by atoms with E-state index >= 15 is 0 Å². The van der Waals surface area contributed by atoms with Crippen LogP contribution in [0.25, 0.3) is 0 Å². The van der Waals surface area contributed by atoms with Gasteiger partial charge < -0.3 is 11.5 Å². The minimum Gasteiger partial charge on any atom is -0.398 e. The quantitative estimate of drug-likeness (QED) is 0.846. The summed E-state index contributed by atoms with van der Waals surface area (Å²) in [6.45, 7) is 0. The van der Waals surface area contributed by atoms with Crippen molar-refractivity contribution in [3.05, 3.63) is 59.2 Å². The number of primary amides is 1. The lowest BCUT2D eigenvalue weighted by Crippen LogP contribution is -2.12. The maximum Gasteiger partial charge on any atom is 0.248 e. The monoisotopic (exact) mass is 310 g/mol. The minimum absolute atomic E-state index is 0.0309. The van der Waals surface area contributed by atoms with Gasteiger partial charge in [-0.25, -0.2) is 8.78 Å². The van der Waals surface area contributed by atoms with Gasteiger partial charge in [-0.2, -0.15) is 0 Å². The number of nitrogens with two attached hydrogens (primary N) is 2. The maximum absolute atomic E-state index is 13.8. The van der Waals surface area contributed by atoms with E-state index < -0.39 is 28.3 Å². The van der Waals surface area contributed by atoms with Gasteiger partial charge in [0.25, 0.3) is 0 Å². The molecular formula is C14H12F2N2O2S. The van der Waals surface area contributed by atoms with Crippen molar-refractivity contribution in [1.82, 2.24) is 0 Å². The van der Waals surface area contributed by atoms with E-state index in [1.165, 1.54) is 18.2 Å². The Kier molecular flexibility index (Phi) is 4.32. The number of benzene rings is 2. The SMILES string of the molecule is NC(=O)c1ccc(CS(=O)c2ccc(F)cc2N)c(F)c1. The van der Waals surface area contributed by atoms with Gasteiger partial charge in [0, 0.05) is 11.1 Å². The van der Waals surface area contributed by atoms with E-state index in [1.54, 1.807) is 0 Å². The van der Waals surface area contributed by atoms with Crippen LogP contribution in [0.3, 0.4) is 0 Å². The van der Waals surface area contributed by atoms with Crippen molar-refractivity contribution < 1.29 is 17.8 Å². The number of nitrogen functional groups attached to an aromatic ring is 1. The summed E-state index contributed by atoms with van der Waals surface area (Å²) < 4.78 is 38.9. The number of hydrogen-bond donors (Lipinski definition) is 2. The van der Waals surface area contributed by atoms with E-state index in [-0.39, 0.29) is 27.5 Å². The van der Waals surface area contributed by atoms with Crippen LogP contribution in [0.2, 0.25) is 0 Å². The third-order valence-electron chi connectivity index (χ3n) is 2.84. The van der Waals surface area contributed by atoms with E-state index in [0.29, 0.717) is 0 Å². The first kappa shape index (κ1) is 15.1. The molecule has 0 spiro atoms. The van der Waals surface area contributed by atoms with Crippen molar-refractivity contribution in [3.8, 4) is 0 Å². The molecule has 0 saturated heterocycles. The van der Waals surface area contributed by atoms with Gasteiger partial charge in [0.15, 0.2) is 0 Å². The number of amides is 1. The van der Waals surface area contributed by atoms with Gasteiger partial charge in [0.05, 0.1) is 27.1 Å². The van der Waals surface area contributed by atoms with Crippen LogP contribution >= 0.6 is 0 Å². The highest BCUT2D eigenvalue weighted by atomic mass is 32.2. The number of halogens is 2. The Bertz CT molecular complexity index is 735. The standard InChI is InChI=1S/C14H12F2N2O2S/c15-10-3-4-13(12(17)6-10)21(20)7-9-2-1-8(14(18)19)5-11(9)16/h1-6H,7,17H2,(H2,18,19). The molecule has 4 nitrogen and oxygen atoms in total. The molecule has 0 saturated carbocycles. The number of rotatable bonds is 4. The Hall–Kier alpha value is -2.28. The molecule has 0 aliphatic carbocycles. The molecular weight excluding hydrogens is 298 g/mol. The summed E-state index contributed by atoms with van der Waals surface area (Å²) in [5, 5.41) is 0. The normalized spacial score (nSPS) is 12.1. The number of carbonyl (C=O) groups excluding carboxylic acids is 1. The smallest absolute Gasteiger partial charge is 0.248 e. The zero-order valence-corrected chi connectivity index (χ0v) is 11.6. The lowest BCUT2D eigenvalue weighted by Gasteiger charge is -2.07. The molecule has 1 atom stereocenters. The highest BCUT2D eigenvalue weighted by molar-refractivity contribution is 7.84. The van der Waals surface area contributed by atoms with Crippen molar-refractivity contribution in [2.75, 3.05) is 5.73 Å². The fourth-order valence-electron chi connectivity index (χ4n) is 1.76. The third kappa shape index (κ3) is 3.43. The first-order valence-corrected chi connectivity index (χ1v) is 7.22. The molecule has 2 rings (SSSR count). The molecule has 4 N–H and O–H groups in total. The Balaban J connectivity index is 2.25. The first-order valence-electron chi connectivity index (χ1n) is 5.90. The van der Waals surface area contributed by atoms with Crippen molar-refractivity contribution in [2.24, 2.45) is 5.73 Å². The molecule has 0 aromatic heterocycles. The zero-order chi connectivity index (χ0) is 15.6. The lowest BCUT2D eigenvalue weighted by molar-refractivity contribution is 0.1000. The number of hydrogen-bond acceptors (Lipinski definition) is 3. The van der Waals surface area contributed by atoms with Gasteiger partial charge in [-0.3, -0.25) is 9.00 Å². The Labute approximate surface area is 122 Å². The van der Waals surface area contributed by atoms with Gasteiger partial charge in [-0.15, -0.1) is 0 Å². The highest BCUT2D eigenvalue weighted by Gasteiger charge is 2.13. The van der Waals surface area contributed by atoms with E-state index in [9.17, 15) is 17.8 Å². The van der Waals surface area contributed by atoms with Gasteiger partial charge in [-0.1, -0.05) is 6.07 Å². The van der Waals surface area contributed by atoms with Crippen molar-refractivity contribution in [3.63, 3.8) is 0 Å². The summed E-state index contributed by atoms with van der Waals surface area (Å²) in [5.41, 5.74) is 10.9. The molecule has 1 unspecified atom stereocenters. The molecule has 0 fully saturated rings. The Morgan fingerprint density at radius 3 is 2.43 bits per heavy atom. The van der Waals surface area contributed by atoms with Crippen LogP contribution in [0, 0.1) is 11.6 Å². The molecule has 2 aromatic carbocycles. The molecule has 0 aliphatic heterocycles. The van der Waals surface area contributed by atoms with E-state index in [0.717, 1.165) is 18.2 Å². The van der Waals surface area contributed by atoms with E-state index in [2.05, 4.69) is 0 Å². The molecule has 0 radical (unpaired) electrons. The second kappa shape index (κ2) is 6.01. The molecule has 0 heterocycles. The molecule has 2 aromatic rings. The van der Waals surface area contributed by atoms with Crippen LogP contribution in [0.15, 0.2) is 41.3 Å². The molecule has 0 bridgehead atoms. The molecule has 0 aliphatic rings. The summed E-state index contributed by atoms with van der Waals surface area (Å²) in [6, 6.07) is 7.17. The van der Waals surface area contributed by atoms with E-state index in [1.807, 2.05) is 0 Å². The molecule has 7 heteroatoms. The second-order valence-electron chi connectivity index (χ2n) is 4.34. The topological polar surface area (TPSA) is 86.2 Å². The van der Waals surface area contributed by atoms with E-state index in [4.69, 9.17) is 11.5 Å². The van der Waals surface area contributed by atoms with Gasteiger partial charge in [0.2, 0.25) is 5.91 Å². The van der Waals surface area contributed by atoms with Crippen LogP contribution in [0.1, 0.15) is 15.9 Å². The number of anilines is 1. The number of carbonyl (C=O) groups is 1. The largest absolute Gasteiger partial charge is 0.398 e. The van der Waals surface area contributed by atoms with Crippen LogP contribution in [-0.2, 0) is 16.6 Å². The second-order valence-corrected chi connectivity index (χ2v) is 5.76. The van der Waals surface area contributed by atoms with Crippen LogP contribution < -0.4 is 11.5 Å². The summed E-state index contributed by atoms with van der Waals surface area (Å²) in [7, 11) is -1.63. The van der Waals surface area contributed by atoms with Crippen LogP contribution in [0.5, 0.6) is 0 Å². The zero-order valence-electron chi connectivity index (χ0n) is 10.8. The summed E-state index contributed by atoms with van der Waals surface area (Å²) in [4.78, 5) is 11.2. The van der Waals surface area contributed by atoms with Crippen molar-refractivity contribution >= 4 is 22.4 Å². The first-order chi connectivity index (χ1) is 9.88.